The summed E-state index contributed by atoms with van der Waals surface area (Å²) in [5.41, 5.74) is 1.19. The first-order valence-corrected chi connectivity index (χ1v) is 8.52. The third-order valence-electron chi connectivity index (χ3n) is 3.75. The van der Waals surface area contributed by atoms with Crippen LogP contribution in [0.4, 0.5) is 5.13 Å². The molecule has 0 spiro atoms. The van der Waals surface area contributed by atoms with Crippen molar-refractivity contribution in [1.29, 1.82) is 0 Å². The second kappa shape index (κ2) is 10.2. The first-order valence-electron chi connectivity index (χ1n) is 7.71. The minimum Gasteiger partial charge on any atom is -0.383 e. The number of anilines is 1. The van der Waals surface area contributed by atoms with Gasteiger partial charge in [0.05, 0.1) is 18.8 Å². The fraction of sp³-hybridized carbons (Fsp3) is 0.733. The smallest absolute Gasteiger partial charge is 0.240 e. The van der Waals surface area contributed by atoms with Gasteiger partial charge in [-0.25, -0.2) is 4.98 Å². The maximum absolute atomic E-state index is 11.8. The second-order valence-electron chi connectivity index (χ2n) is 5.50. The largest absolute Gasteiger partial charge is 0.383 e. The highest BCUT2D eigenvalue weighted by atomic mass is 35.5. The number of carbonyl (C=O) groups excluding carboxylic acids is 1. The van der Waals surface area contributed by atoms with Crippen LogP contribution in [0.5, 0.6) is 0 Å². The maximum atomic E-state index is 11.8. The highest BCUT2D eigenvalue weighted by molar-refractivity contribution is 7.15. The molecule has 1 aromatic heterocycles. The Bertz CT molecular complexity index is 468. The molecule has 1 heterocycles. The standard InChI is InChI=1S/C15H25N3O2S.ClH/c1-3-4-11-5-6-12-13(9-11)21-15(17-12)18-14(19)10-16-7-8-20-2;/h11,16H,3-10H2,1-2H3,(H,17,18,19);1H. The molecule has 1 aromatic rings. The number of rotatable bonds is 8. The van der Waals surface area contributed by atoms with E-state index in [0.717, 1.165) is 23.9 Å². The van der Waals surface area contributed by atoms with Gasteiger partial charge in [-0.15, -0.1) is 23.7 Å². The molecule has 0 saturated heterocycles. The van der Waals surface area contributed by atoms with E-state index in [2.05, 4.69) is 22.5 Å². The third kappa shape index (κ3) is 5.83. The predicted octanol–water partition coefficient (Wildman–Crippen LogP) is 2.64. The summed E-state index contributed by atoms with van der Waals surface area (Å²) in [6.07, 6.45) is 5.95. The minimum atomic E-state index is -0.0395. The number of carbonyl (C=O) groups is 1. The molecule has 1 amide bonds. The van der Waals surface area contributed by atoms with Gasteiger partial charge in [-0.3, -0.25) is 4.79 Å². The number of amides is 1. The molecule has 1 atom stereocenters. The first-order chi connectivity index (χ1) is 10.2. The molecule has 1 aliphatic rings. The SMILES string of the molecule is CCCC1CCc2nc(NC(=O)CNCCOC)sc2C1.Cl. The Morgan fingerprint density at radius 3 is 3.05 bits per heavy atom. The molecular weight excluding hydrogens is 322 g/mol. The second-order valence-corrected chi connectivity index (χ2v) is 6.59. The minimum absolute atomic E-state index is 0. The highest BCUT2D eigenvalue weighted by Crippen LogP contribution is 2.33. The van der Waals surface area contributed by atoms with E-state index in [1.165, 1.54) is 29.8 Å². The van der Waals surface area contributed by atoms with Crippen molar-refractivity contribution < 1.29 is 9.53 Å². The van der Waals surface area contributed by atoms with Crippen LogP contribution in [-0.4, -0.2) is 37.7 Å². The summed E-state index contributed by atoms with van der Waals surface area (Å²) in [5.74, 6) is 0.754. The lowest BCUT2D eigenvalue weighted by atomic mass is 9.88. The molecule has 0 radical (unpaired) electrons. The van der Waals surface area contributed by atoms with Crippen molar-refractivity contribution in [3.05, 3.63) is 10.6 Å². The zero-order valence-corrected chi connectivity index (χ0v) is 14.9. The Kier molecular flexibility index (Phi) is 8.93. The average molecular weight is 348 g/mol. The molecule has 22 heavy (non-hydrogen) atoms. The molecular formula is C15H26ClN3O2S. The Hall–Kier alpha value is -0.690. The molecule has 2 rings (SSSR count). The summed E-state index contributed by atoms with van der Waals surface area (Å²) >= 11 is 1.64. The Morgan fingerprint density at radius 1 is 1.50 bits per heavy atom. The summed E-state index contributed by atoms with van der Waals surface area (Å²) in [7, 11) is 1.65. The van der Waals surface area contributed by atoms with Gasteiger partial charge in [0.15, 0.2) is 5.13 Å². The number of ether oxygens (including phenoxy) is 1. The molecule has 1 aliphatic carbocycles. The number of fused-ring (bicyclic) bond motifs is 1. The van der Waals surface area contributed by atoms with Gasteiger partial charge in [-0.2, -0.15) is 0 Å². The Balaban J connectivity index is 0.00000242. The van der Waals surface area contributed by atoms with Crippen molar-refractivity contribution in [2.45, 2.75) is 39.0 Å². The lowest BCUT2D eigenvalue weighted by Gasteiger charge is -2.19. The van der Waals surface area contributed by atoms with Gasteiger partial charge in [-0.1, -0.05) is 19.8 Å². The zero-order valence-electron chi connectivity index (χ0n) is 13.3. The van der Waals surface area contributed by atoms with Crippen LogP contribution in [0.2, 0.25) is 0 Å². The lowest BCUT2D eigenvalue weighted by Crippen LogP contribution is -2.30. The number of thiazole rings is 1. The van der Waals surface area contributed by atoms with Crippen LogP contribution in [0.25, 0.3) is 0 Å². The van der Waals surface area contributed by atoms with E-state index in [1.807, 2.05) is 0 Å². The molecule has 0 fully saturated rings. The predicted molar refractivity (Wildman–Crippen MR) is 93.2 cm³/mol. The van der Waals surface area contributed by atoms with Gasteiger partial charge in [0.2, 0.25) is 5.91 Å². The zero-order chi connectivity index (χ0) is 15.1. The summed E-state index contributed by atoms with van der Waals surface area (Å²) in [5, 5.41) is 6.67. The van der Waals surface area contributed by atoms with Crippen molar-refractivity contribution in [2.24, 2.45) is 5.92 Å². The van der Waals surface area contributed by atoms with E-state index >= 15 is 0 Å². The Morgan fingerprint density at radius 2 is 2.32 bits per heavy atom. The normalized spacial score (nSPS) is 16.7. The third-order valence-corrected chi connectivity index (χ3v) is 4.79. The van der Waals surface area contributed by atoms with E-state index in [0.29, 0.717) is 19.7 Å². The molecule has 0 aliphatic heterocycles. The van der Waals surface area contributed by atoms with Gasteiger partial charge in [0.25, 0.3) is 0 Å². The number of nitrogens with zero attached hydrogens (tertiary/aromatic N) is 1. The van der Waals surface area contributed by atoms with E-state index < -0.39 is 0 Å². The van der Waals surface area contributed by atoms with Crippen molar-refractivity contribution in [1.82, 2.24) is 10.3 Å². The van der Waals surface area contributed by atoms with Gasteiger partial charge in [-0.05, 0) is 25.2 Å². The first kappa shape index (κ1) is 19.4. The quantitative estimate of drug-likeness (QED) is 0.710. The summed E-state index contributed by atoms with van der Waals surface area (Å²) in [6.45, 7) is 3.82. The van der Waals surface area contributed by atoms with Gasteiger partial charge in [0, 0.05) is 18.5 Å². The molecule has 0 saturated carbocycles. The van der Waals surface area contributed by atoms with Crippen molar-refractivity contribution in [2.75, 3.05) is 32.1 Å². The molecule has 7 heteroatoms. The van der Waals surface area contributed by atoms with Crippen LogP contribution in [0, 0.1) is 5.92 Å². The topological polar surface area (TPSA) is 63.2 Å². The molecule has 126 valence electrons. The number of halogens is 1. The highest BCUT2D eigenvalue weighted by Gasteiger charge is 2.22. The van der Waals surface area contributed by atoms with Crippen LogP contribution < -0.4 is 10.6 Å². The van der Waals surface area contributed by atoms with Crippen molar-refractivity contribution in [3.8, 4) is 0 Å². The molecule has 2 N–H and O–H groups in total. The van der Waals surface area contributed by atoms with Gasteiger partial charge in [0.1, 0.15) is 0 Å². The number of hydrogen-bond acceptors (Lipinski definition) is 5. The maximum Gasteiger partial charge on any atom is 0.240 e. The van der Waals surface area contributed by atoms with Gasteiger partial charge >= 0.3 is 0 Å². The van der Waals surface area contributed by atoms with Crippen LogP contribution >= 0.6 is 23.7 Å². The van der Waals surface area contributed by atoms with Gasteiger partial charge < -0.3 is 15.4 Å². The lowest BCUT2D eigenvalue weighted by molar-refractivity contribution is -0.115. The summed E-state index contributed by atoms with van der Waals surface area (Å²) in [4.78, 5) is 17.7. The van der Waals surface area contributed by atoms with Crippen LogP contribution in [0.1, 0.15) is 36.8 Å². The summed E-state index contributed by atoms with van der Waals surface area (Å²) < 4.78 is 4.92. The number of hydrogen-bond donors (Lipinski definition) is 2. The van der Waals surface area contributed by atoms with Crippen LogP contribution in [0.15, 0.2) is 0 Å². The fourth-order valence-electron chi connectivity index (χ4n) is 2.69. The number of aromatic nitrogens is 1. The van der Waals surface area contributed by atoms with Crippen molar-refractivity contribution in [3.63, 3.8) is 0 Å². The van der Waals surface area contributed by atoms with Crippen LogP contribution in [-0.2, 0) is 22.4 Å². The molecule has 5 nitrogen and oxygen atoms in total. The van der Waals surface area contributed by atoms with Crippen LogP contribution in [0.3, 0.4) is 0 Å². The molecule has 1 unspecified atom stereocenters. The number of aryl methyl sites for hydroxylation is 1. The van der Waals surface area contributed by atoms with Crippen molar-refractivity contribution >= 4 is 34.8 Å². The average Bonchev–Trinajstić information content (AvgIpc) is 2.85. The van der Waals surface area contributed by atoms with E-state index in [9.17, 15) is 4.79 Å². The molecule has 0 aromatic carbocycles. The number of methoxy groups -OCH3 is 1. The van der Waals surface area contributed by atoms with E-state index in [4.69, 9.17) is 4.74 Å². The summed E-state index contributed by atoms with van der Waals surface area (Å²) in [6, 6.07) is 0. The van der Waals surface area contributed by atoms with E-state index in [-0.39, 0.29) is 18.3 Å². The number of nitrogens with one attached hydrogen (secondary N) is 2. The molecule has 0 bridgehead atoms. The monoisotopic (exact) mass is 347 g/mol. The fourth-order valence-corrected chi connectivity index (χ4v) is 3.83. The van der Waals surface area contributed by atoms with E-state index in [1.54, 1.807) is 18.4 Å². The Labute approximate surface area is 142 Å².